The van der Waals surface area contributed by atoms with E-state index in [0.717, 1.165) is 13.2 Å². The SMILES string of the molecule is C1COC1.OCC(CO)(CO)CO. The zero-order valence-electron chi connectivity index (χ0n) is 7.65. The summed E-state index contributed by atoms with van der Waals surface area (Å²) in [5.74, 6) is 0. The number of rotatable bonds is 4. The second-order valence-corrected chi connectivity index (χ2v) is 3.10. The first-order valence-electron chi connectivity index (χ1n) is 4.26. The minimum absolute atomic E-state index is 0.406. The van der Waals surface area contributed by atoms with Crippen molar-refractivity contribution < 1.29 is 25.2 Å². The van der Waals surface area contributed by atoms with Crippen LogP contribution in [-0.4, -0.2) is 60.1 Å². The van der Waals surface area contributed by atoms with Gasteiger partial charge in [-0.05, 0) is 6.42 Å². The highest BCUT2D eigenvalue weighted by Crippen LogP contribution is 2.11. The van der Waals surface area contributed by atoms with E-state index < -0.39 is 31.8 Å². The molecular formula is C8H18O5. The van der Waals surface area contributed by atoms with E-state index in [1.54, 1.807) is 0 Å². The van der Waals surface area contributed by atoms with Crippen molar-refractivity contribution in [1.29, 1.82) is 0 Å². The molecular weight excluding hydrogens is 176 g/mol. The van der Waals surface area contributed by atoms with Crippen LogP contribution in [0.15, 0.2) is 0 Å². The highest BCUT2D eigenvalue weighted by Gasteiger charge is 2.26. The van der Waals surface area contributed by atoms with Gasteiger partial charge in [0.1, 0.15) is 0 Å². The molecule has 0 bridgehead atoms. The van der Waals surface area contributed by atoms with Gasteiger partial charge in [-0.3, -0.25) is 0 Å². The Morgan fingerprint density at radius 3 is 1.08 bits per heavy atom. The molecule has 0 aromatic carbocycles. The van der Waals surface area contributed by atoms with E-state index in [1.165, 1.54) is 6.42 Å². The molecule has 1 heterocycles. The molecule has 80 valence electrons. The van der Waals surface area contributed by atoms with E-state index in [0.29, 0.717) is 0 Å². The lowest BCUT2D eigenvalue weighted by Gasteiger charge is -2.23. The summed E-state index contributed by atoms with van der Waals surface area (Å²) in [4.78, 5) is 0. The molecule has 13 heavy (non-hydrogen) atoms. The maximum atomic E-state index is 8.50. The van der Waals surface area contributed by atoms with Gasteiger partial charge in [-0.15, -0.1) is 0 Å². The van der Waals surface area contributed by atoms with Crippen molar-refractivity contribution in [1.82, 2.24) is 0 Å². The molecule has 1 aliphatic rings. The number of hydrogen-bond donors (Lipinski definition) is 4. The molecule has 0 amide bonds. The van der Waals surface area contributed by atoms with E-state index in [2.05, 4.69) is 0 Å². The predicted molar refractivity (Wildman–Crippen MR) is 46.2 cm³/mol. The number of aliphatic hydroxyl groups excluding tert-OH is 4. The molecule has 4 N–H and O–H groups in total. The average Bonchev–Trinajstić information content (AvgIpc) is 2.07. The Balaban J connectivity index is 0.000000293. The molecule has 1 saturated heterocycles. The second-order valence-electron chi connectivity index (χ2n) is 3.10. The minimum atomic E-state index is -1.11. The van der Waals surface area contributed by atoms with Gasteiger partial charge in [-0.25, -0.2) is 0 Å². The molecule has 0 aliphatic carbocycles. The summed E-state index contributed by atoms with van der Waals surface area (Å²) in [7, 11) is 0. The lowest BCUT2D eigenvalue weighted by molar-refractivity contribution is -0.0328. The second kappa shape index (κ2) is 7.23. The smallest absolute Gasteiger partial charge is 0.0627 e. The van der Waals surface area contributed by atoms with Crippen LogP contribution in [-0.2, 0) is 4.74 Å². The topological polar surface area (TPSA) is 90.2 Å². The largest absolute Gasteiger partial charge is 0.396 e. The van der Waals surface area contributed by atoms with Gasteiger partial charge in [-0.1, -0.05) is 0 Å². The molecule has 5 nitrogen and oxygen atoms in total. The van der Waals surface area contributed by atoms with Crippen LogP contribution in [0, 0.1) is 5.41 Å². The zero-order chi connectivity index (χ0) is 10.2. The van der Waals surface area contributed by atoms with Gasteiger partial charge in [0.05, 0.1) is 31.8 Å². The lowest BCUT2D eigenvalue weighted by Crippen LogP contribution is -2.37. The fourth-order valence-corrected chi connectivity index (χ4v) is 0.444. The van der Waals surface area contributed by atoms with Crippen molar-refractivity contribution in [3.63, 3.8) is 0 Å². The van der Waals surface area contributed by atoms with Gasteiger partial charge in [0.2, 0.25) is 0 Å². The van der Waals surface area contributed by atoms with Crippen LogP contribution in [0.3, 0.4) is 0 Å². The quantitative estimate of drug-likeness (QED) is 0.430. The Kier molecular flexibility index (Phi) is 7.12. The molecule has 0 radical (unpaired) electrons. The molecule has 0 aromatic heterocycles. The Morgan fingerprint density at radius 1 is 0.846 bits per heavy atom. The van der Waals surface area contributed by atoms with E-state index in [4.69, 9.17) is 25.2 Å². The summed E-state index contributed by atoms with van der Waals surface area (Å²) < 4.78 is 4.72. The van der Waals surface area contributed by atoms with E-state index in [9.17, 15) is 0 Å². The third kappa shape index (κ3) is 4.54. The normalized spacial score (nSPS) is 15.7. The van der Waals surface area contributed by atoms with Crippen LogP contribution in [0.4, 0.5) is 0 Å². The highest BCUT2D eigenvalue weighted by atomic mass is 16.5. The fourth-order valence-electron chi connectivity index (χ4n) is 0.444. The fraction of sp³-hybridized carbons (Fsp3) is 1.00. The van der Waals surface area contributed by atoms with Crippen molar-refractivity contribution in [2.75, 3.05) is 39.6 Å². The summed E-state index contributed by atoms with van der Waals surface area (Å²) in [6.07, 6.45) is 1.28. The maximum absolute atomic E-state index is 8.50. The van der Waals surface area contributed by atoms with Crippen molar-refractivity contribution in [3.05, 3.63) is 0 Å². The van der Waals surface area contributed by atoms with Crippen LogP contribution in [0.25, 0.3) is 0 Å². The monoisotopic (exact) mass is 194 g/mol. The summed E-state index contributed by atoms with van der Waals surface area (Å²) in [6.45, 7) is 0.375. The maximum Gasteiger partial charge on any atom is 0.0627 e. The summed E-state index contributed by atoms with van der Waals surface area (Å²) in [6, 6.07) is 0. The van der Waals surface area contributed by atoms with Crippen LogP contribution in [0.5, 0.6) is 0 Å². The van der Waals surface area contributed by atoms with Gasteiger partial charge in [-0.2, -0.15) is 0 Å². The summed E-state index contributed by atoms with van der Waals surface area (Å²) in [5.41, 5.74) is -1.11. The molecule has 0 unspecified atom stereocenters. The molecule has 0 atom stereocenters. The number of aliphatic hydroxyl groups is 4. The molecule has 0 spiro atoms. The lowest BCUT2D eigenvalue weighted by atomic mass is 9.93. The number of hydrogen-bond acceptors (Lipinski definition) is 5. The minimum Gasteiger partial charge on any atom is -0.396 e. The van der Waals surface area contributed by atoms with Crippen LogP contribution >= 0.6 is 0 Å². The standard InChI is InChI=1S/C5H12O4.C3H6O/c6-1-5(2-7,3-8)4-9;1-2-4-3-1/h6-9H,1-4H2;1-3H2. The van der Waals surface area contributed by atoms with E-state index in [1.807, 2.05) is 0 Å². The predicted octanol–water partition coefficient (Wildman–Crippen LogP) is -1.65. The molecule has 1 aliphatic heterocycles. The zero-order valence-corrected chi connectivity index (χ0v) is 7.65. The molecule has 1 rings (SSSR count). The first-order chi connectivity index (χ1) is 6.24. The van der Waals surface area contributed by atoms with E-state index >= 15 is 0 Å². The Hall–Kier alpha value is -0.200. The Morgan fingerprint density at radius 2 is 1.08 bits per heavy atom. The summed E-state index contributed by atoms with van der Waals surface area (Å²) >= 11 is 0. The van der Waals surface area contributed by atoms with Crippen molar-refractivity contribution in [2.24, 2.45) is 5.41 Å². The number of ether oxygens (including phenoxy) is 1. The Labute approximate surface area is 77.6 Å². The molecule has 1 fully saturated rings. The molecule has 5 heteroatoms. The highest BCUT2D eigenvalue weighted by molar-refractivity contribution is 4.74. The Bertz CT molecular complexity index is 87.6. The molecule has 0 saturated carbocycles. The average molecular weight is 194 g/mol. The van der Waals surface area contributed by atoms with Crippen LogP contribution < -0.4 is 0 Å². The third-order valence-corrected chi connectivity index (χ3v) is 1.92. The summed E-state index contributed by atoms with van der Waals surface area (Å²) in [5, 5.41) is 34.0. The van der Waals surface area contributed by atoms with E-state index in [-0.39, 0.29) is 0 Å². The third-order valence-electron chi connectivity index (χ3n) is 1.92. The van der Waals surface area contributed by atoms with Gasteiger partial charge >= 0.3 is 0 Å². The van der Waals surface area contributed by atoms with Crippen molar-refractivity contribution in [2.45, 2.75) is 6.42 Å². The first-order valence-corrected chi connectivity index (χ1v) is 4.26. The van der Waals surface area contributed by atoms with Gasteiger partial charge in [0.25, 0.3) is 0 Å². The van der Waals surface area contributed by atoms with Gasteiger partial charge < -0.3 is 25.2 Å². The van der Waals surface area contributed by atoms with Gasteiger partial charge in [0, 0.05) is 13.2 Å². The van der Waals surface area contributed by atoms with Crippen LogP contribution in [0.2, 0.25) is 0 Å². The van der Waals surface area contributed by atoms with Crippen LogP contribution in [0.1, 0.15) is 6.42 Å². The first kappa shape index (κ1) is 12.8. The molecule has 0 aromatic rings. The van der Waals surface area contributed by atoms with Gasteiger partial charge in [0.15, 0.2) is 0 Å². The van der Waals surface area contributed by atoms with Crippen molar-refractivity contribution >= 4 is 0 Å². The van der Waals surface area contributed by atoms with Crippen molar-refractivity contribution in [3.8, 4) is 0 Å².